The van der Waals surface area contributed by atoms with Crippen LogP contribution in [-0.4, -0.2) is 39.7 Å². The van der Waals surface area contributed by atoms with Gasteiger partial charge in [0.15, 0.2) is 16.6 Å². The highest BCUT2D eigenvalue weighted by Crippen LogP contribution is 2.41. The van der Waals surface area contributed by atoms with Crippen LogP contribution in [0.4, 0.5) is 0 Å². The number of Topliss-reactive ketones (excluding diaryl/α,β-unsaturated/α-hetero) is 1. The van der Waals surface area contributed by atoms with Crippen LogP contribution in [0.15, 0.2) is 24.3 Å². The van der Waals surface area contributed by atoms with Crippen LogP contribution in [-0.2, 0) is 20.1 Å². The van der Waals surface area contributed by atoms with E-state index in [2.05, 4.69) is 74.7 Å². The summed E-state index contributed by atoms with van der Waals surface area (Å²) < 4.78 is 14.1. The number of carbonyl (C=O) groups excluding carboxylic acids is 1. The Kier molecular flexibility index (Phi) is 18.3. The van der Waals surface area contributed by atoms with Crippen molar-refractivity contribution in [1.82, 2.24) is 0 Å². The summed E-state index contributed by atoms with van der Waals surface area (Å²) in [6.07, 6.45) is 18.2. The first kappa shape index (κ1) is 41.1. The lowest BCUT2D eigenvalue weighted by molar-refractivity contribution is -0.121. The second-order valence-electron chi connectivity index (χ2n) is 16.5. The van der Waals surface area contributed by atoms with Gasteiger partial charge in [0.25, 0.3) is 0 Å². The smallest absolute Gasteiger partial charge is 0.192 e. The summed E-state index contributed by atoms with van der Waals surface area (Å²) in [6.45, 7) is 25.4. The third-order valence-corrected chi connectivity index (χ3v) is 19.3. The second-order valence-corrected chi connectivity index (χ2v) is 26.0. The van der Waals surface area contributed by atoms with Crippen LogP contribution >= 0.6 is 0 Å². The van der Waals surface area contributed by atoms with E-state index in [0.29, 0.717) is 19.3 Å². The van der Waals surface area contributed by atoms with Crippen LogP contribution in [0.5, 0.6) is 5.75 Å². The van der Waals surface area contributed by atoms with E-state index in [1.54, 1.807) is 12.1 Å². The van der Waals surface area contributed by atoms with Crippen LogP contribution in [0.25, 0.3) is 0 Å². The Labute approximate surface area is 275 Å². The van der Waals surface area contributed by atoms with Gasteiger partial charge in [-0.1, -0.05) is 131 Å². The minimum absolute atomic E-state index is 0.0755. The van der Waals surface area contributed by atoms with E-state index in [1.165, 1.54) is 70.6 Å². The van der Waals surface area contributed by atoms with Crippen LogP contribution < -0.4 is 0 Å². The van der Waals surface area contributed by atoms with Gasteiger partial charge in [0, 0.05) is 18.9 Å². The minimum atomic E-state index is -2.08. The summed E-state index contributed by atoms with van der Waals surface area (Å²) in [7, 11) is -4.07. The maximum atomic E-state index is 13.4. The molecule has 0 aliphatic rings. The first-order chi connectivity index (χ1) is 20.4. The van der Waals surface area contributed by atoms with E-state index in [1.807, 2.05) is 12.1 Å². The summed E-state index contributed by atoms with van der Waals surface area (Å²) in [5.41, 5.74) is 1.08. The monoisotopic (exact) mass is 648 g/mol. The van der Waals surface area contributed by atoms with E-state index in [4.69, 9.17) is 8.85 Å². The molecular formula is C38H72O4Si2. The normalized spacial score (nSPS) is 14.5. The second kappa shape index (κ2) is 19.6. The molecule has 0 saturated heterocycles. The van der Waals surface area contributed by atoms with E-state index in [-0.39, 0.29) is 33.8 Å². The van der Waals surface area contributed by atoms with Crippen LogP contribution in [0.2, 0.25) is 36.3 Å². The van der Waals surface area contributed by atoms with Gasteiger partial charge < -0.3 is 14.0 Å². The predicted octanol–water partition coefficient (Wildman–Crippen LogP) is 12.2. The van der Waals surface area contributed by atoms with Gasteiger partial charge in [-0.25, -0.2) is 0 Å². The molecule has 2 atom stereocenters. The van der Waals surface area contributed by atoms with Crippen LogP contribution in [0.3, 0.4) is 0 Å². The Bertz CT molecular complexity index is 912. The largest absolute Gasteiger partial charge is 0.508 e. The lowest BCUT2D eigenvalue weighted by Gasteiger charge is -2.42. The molecule has 1 N–H and O–H groups in total. The van der Waals surface area contributed by atoms with Gasteiger partial charge in [-0.05, 0) is 73.2 Å². The van der Waals surface area contributed by atoms with Gasteiger partial charge in [-0.2, -0.15) is 0 Å². The summed E-state index contributed by atoms with van der Waals surface area (Å²) >= 11 is 0. The molecule has 1 aromatic carbocycles. The zero-order valence-corrected chi connectivity index (χ0v) is 32.9. The highest BCUT2D eigenvalue weighted by Gasteiger charge is 2.42. The fraction of sp³-hybridized carbons (Fsp3) is 0.816. The zero-order chi connectivity index (χ0) is 33.4. The molecule has 0 radical (unpaired) electrons. The number of unbranched alkanes of at least 4 members (excludes halogenated alkanes) is 10. The van der Waals surface area contributed by atoms with Crippen molar-refractivity contribution >= 4 is 22.4 Å². The number of aryl methyl sites for hydroxylation is 1. The van der Waals surface area contributed by atoms with Crippen molar-refractivity contribution in [3.63, 3.8) is 0 Å². The maximum Gasteiger partial charge on any atom is 0.192 e. The molecule has 0 bridgehead atoms. The molecule has 0 aromatic heterocycles. The Hall–Kier alpha value is -0.956. The fourth-order valence-corrected chi connectivity index (χ4v) is 7.98. The summed E-state index contributed by atoms with van der Waals surface area (Å²) in [6, 6.07) is 7.20. The molecule has 1 rings (SSSR count). The molecule has 6 heteroatoms. The number of hydrogen-bond donors (Lipinski definition) is 1. The Balaban J connectivity index is 2.89. The van der Waals surface area contributed by atoms with Gasteiger partial charge in [-0.3, -0.25) is 4.79 Å². The van der Waals surface area contributed by atoms with Gasteiger partial charge in [-0.15, -0.1) is 0 Å². The maximum absolute atomic E-state index is 13.4. The molecule has 4 nitrogen and oxygen atoms in total. The number of hydrogen-bond acceptors (Lipinski definition) is 4. The summed E-state index contributed by atoms with van der Waals surface area (Å²) in [5, 5.41) is 9.82. The number of benzene rings is 1. The van der Waals surface area contributed by atoms with Gasteiger partial charge in [0.05, 0.1) is 6.10 Å². The standard InChI is InChI=1S/C38H72O4Si2/c1-12-13-14-15-16-17-18-19-20-21-22-23-35(41-43(8,9)37(2,3)4)31-36(42-44(10,11)38(5,6)7)30-34(40)29-26-32-24-27-33(39)28-25-32/h24-25,27-28,35-36,39H,12-23,26,29-31H2,1-11H3/t35-,36+/m1/s1. The molecule has 0 aliphatic carbocycles. The topological polar surface area (TPSA) is 55.8 Å². The Morgan fingerprint density at radius 3 is 1.59 bits per heavy atom. The first-order valence-corrected chi connectivity index (χ1v) is 23.8. The fourth-order valence-electron chi connectivity index (χ4n) is 5.22. The molecule has 0 spiro atoms. The Morgan fingerprint density at radius 1 is 0.705 bits per heavy atom. The van der Waals surface area contributed by atoms with E-state index in [9.17, 15) is 9.90 Å². The van der Waals surface area contributed by atoms with Crippen molar-refractivity contribution in [1.29, 1.82) is 0 Å². The van der Waals surface area contributed by atoms with Crippen molar-refractivity contribution in [2.24, 2.45) is 0 Å². The average molecular weight is 649 g/mol. The number of carbonyl (C=O) groups is 1. The first-order valence-electron chi connectivity index (χ1n) is 18.0. The average Bonchev–Trinajstić information content (AvgIpc) is 2.89. The molecule has 0 unspecified atom stereocenters. The lowest BCUT2D eigenvalue weighted by Crippen LogP contribution is -2.47. The highest BCUT2D eigenvalue weighted by molar-refractivity contribution is 6.74. The van der Waals surface area contributed by atoms with Crippen LogP contribution in [0.1, 0.15) is 150 Å². The molecule has 256 valence electrons. The van der Waals surface area contributed by atoms with Gasteiger partial charge in [0.2, 0.25) is 0 Å². The van der Waals surface area contributed by atoms with E-state index >= 15 is 0 Å². The lowest BCUT2D eigenvalue weighted by atomic mass is 9.98. The molecule has 0 heterocycles. The van der Waals surface area contributed by atoms with Crippen molar-refractivity contribution in [3.8, 4) is 5.75 Å². The van der Waals surface area contributed by atoms with E-state index < -0.39 is 16.6 Å². The third-order valence-electron chi connectivity index (χ3n) is 10.3. The SMILES string of the molecule is CCCCCCCCCCCCC[C@H](C[C@H](CC(=O)CCc1ccc(O)cc1)O[Si](C)(C)C(C)(C)C)O[Si](C)(C)C(C)(C)C. The molecule has 1 aromatic rings. The number of rotatable bonds is 23. The van der Waals surface area contributed by atoms with E-state index in [0.717, 1.165) is 18.4 Å². The molecule has 44 heavy (non-hydrogen) atoms. The van der Waals surface area contributed by atoms with Crippen molar-refractivity contribution in [2.75, 3.05) is 0 Å². The predicted molar refractivity (Wildman–Crippen MR) is 196 cm³/mol. The van der Waals surface area contributed by atoms with Gasteiger partial charge in [0.1, 0.15) is 11.5 Å². The van der Waals surface area contributed by atoms with Crippen molar-refractivity contribution < 1.29 is 18.8 Å². The molecule has 0 saturated carbocycles. The molecule has 0 amide bonds. The van der Waals surface area contributed by atoms with Crippen molar-refractivity contribution in [3.05, 3.63) is 29.8 Å². The number of phenolic OH excluding ortho intramolecular Hbond substituents is 1. The molecular weight excluding hydrogens is 577 g/mol. The van der Waals surface area contributed by atoms with Gasteiger partial charge >= 0.3 is 0 Å². The Morgan fingerprint density at radius 2 is 1.14 bits per heavy atom. The quantitative estimate of drug-likeness (QED) is 0.0947. The molecule has 0 aliphatic heterocycles. The number of phenols is 1. The summed E-state index contributed by atoms with van der Waals surface area (Å²) in [5.74, 6) is 0.510. The number of ketones is 1. The zero-order valence-electron chi connectivity index (χ0n) is 30.9. The van der Waals surface area contributed by atoms with Crippen molar-refractivity contribution in [2.45, 2.75) is 200 Å². The third kappa shape index (κ3) is 16.6. The highest BCUT2D eigenvalue weighted by atomic mass is 28.4. The van der Waals surface area contributed by atoms with Crippen LogP contribution in [0, 0.1) is 0 Å². The number of aromatic hydroxyl groups is 1. The minimum Gasteiger partial charge on any atom is -0.508 e. The molecule has 0 fully saturated rings. The summed E-state index contributed by atoms with van der Waals surface area (Å²) in [4.78, 5) is 13.4.